The molecule has 1 atom stereocenters. The van der Waals surface area contributed by atoms with E-state index in [-0.39, 0.29) is 5.75 Å². The largest absolute Gasteiger partial charge is 0.507 e. The number of thiophene rings is 1. The van der Waals surface area contributed by atoms with Crippen LogP contribution in [0.15, 0.2) is 70.6 Å². The number of para-hydroxylation sites is 1. The molecule has 0 aliphatic carbocycles. The summed E-state index contributed by atoms with van der Waals surface area (Å²) in [5.41, 5.74) is 3.58. The second-order valence-corrected chi connectivity index (χ2v) is 10.9. The number of fused-ring (bicyclic) bond motifs is 2. The van der Waals surface area contributed by atoms with Crippen LogP contribution in [-0.2, 0) is 6.54 Å². The first-order valence-corrected chi connectivity index (χ1v) is 13.6. The molecule has 1 fully saturated rings. The first kappa shape index (κ1) is 22.5. The van der Waals surface area contributed by atoms with Crippen molar-refractivity contribution in [3.63, 3.8) is 0 Å². The Morgan fingerprint density at radius 1 is 1.14 bits per heavy atom. The minimum absolute atomic E-state index is 0.217. The molecule has 2 aromatic carbocycles. The summed E-state index contributed by atoms with van der Waals surface area (Å²) >= 11 is 5.40. The SMILES string of the molecule is Oc1ccccc1-c1cc(NCC2CCCN(Cc3csc4ccccc34)C2)n2ncc(Br)c2n1. The van der Waals surface area contributed by atoms with Gasteiger partial charge in [0.1, 0.15) is 11.6 Å². The highest BCUT2D eigenvalue weighted by Gasteiger charge is 2.22. The van der Waals surface area contributed by atoms with E-state index in [1.165, 1.54) is 28.5 Å². The van der Waals surface area contributed by atoms with Gasteiger partial charge >= 0.3 is 0 Å². The fourth-order valence-corrected chi connectivity index (χ4v) is 6.30. The molecule has 0 spiro atoms. The summed E-state index contributed by atoms with van der Waals surface area (Å²) in [6.45, 7) is 4.07. The average molecular weight is 549 g/mol. The van der Waals surface area contributed by atoms with Gasteiger partial charge in [0, 0.05) is 36.0 Å². The number of hydrogen-bond donors (Lipinski definition) is 2. The molecule has 0 saturated carbocycles. The number of phenolic OH excluding ortho intramolecular Hbond substituents is 1. The van der Waals surface area contributed by atoms with Crippen LogP contribution in [0.3, 0.4) is 0 Å². The fraction of sp³-hybridized carbons (Fsp3) is 0.259. The maximum atomic E-state index is 10.4. The van der Waals surface area contributed by atoms with Crippen molar-refractivity contribution >= 4 is 48.8 Å². The molecule has 0 amide bonds. The van der Waals surface area contributed by atoms with Crippen LogP contribution < -0.4 is 5.32 Å². The molecular formula is C27H26BrN5OS. The monoisotopic (exact) mass is 547 g/mol. The lowest BCUT2D eigenvalue weighted by molar-refractivity contribution is 0.174. The van der Waals surface area contributed by atoms with E-state index in [2.05, 4.69) is 60.9 Å². The number of hydrogen-bond acceptors (Lipinski definition) is 6. The van der Waals surface area contributed by atoms with Gasteiger partial charge < -0.3 is 10.4 Å². The third-order valence-electron chi connectivity index (χ3n) is 6.74. The van der Waals surface area contributed by atoms with Gasteiger partial charge in [-0.1, -0.05) is 30.3 Å². The number of nitrogens with one attached hydrogen (secondary N) is 1. The van der Waals surface area contributed by atoms with Crippen LogP contribution in [0.4, 0.5) is 5.82 Å². The van der Waals surface area contributed by atoms with Crippen molar-refractivity contribution < 1.29 is 5.11 Å². The molecule has 5 aromatic rings. The van der Waals surface area contributed by atoms with Crippen molar-refractivity contribution in [3.8, 4) is 17.0 Å². The van der Waals surface area contributed by atoms with Gasteiger partial charge in [0.2, 0.25) is 0 Å². The second kappa shape index (κ2) is 9.60. The van der Waals surface area contributed by atoms with Crippen molar-refractivity contribution in [2.75, 3.05) is 25.0 Å². The van der Waals surface area contributed by atoms with Gasteiger partial charge in [-0.15, -0.1) is 11.3 Å². The molecule has 6 nitrogen and oxygen atoms in total. The zero-order valence-corrected chi connectivity index (χ0v) is 21.6. The highest BCUT2D eigenvalue weighted by atomic mass is 79.9. The van der Waals surface area contributed by atoms with E-state index in [9.17, 15) is 5.11 Å². The number of halogens is 1. The van der Waals surface area contributed by atoms with E-state index in [0.717, 1.165) is 42.1 Å². The van der Waals surface area contributed by atoms with Gasteiger partial charge in [-0.3, -0.25) is 4.90 Å². The number of anilines is 1. The first-order valence-electron chi connectivity index (χ1n) is 11.9. The zero-order chi connectivity index (χ0) is 23.8. The predicted molar refractivity (Wildman–Crippen MR) is 146 cm³/mol. The summed E-state index contributed by atoms with van der Waals surface area (Å²) in [4.78, 5) is 7.33. The van der Waals surface area contributed by atoms with Crippen LogP contribution in [0.2, 0.25) is 0 Å². The number of phenols is 1. The molecular weight excluding hydrogens is 522 g/mol. The fourth-order valence-electron chi connectivity index (χ4n) is 5.00. The Bertz CT molecular complexity index is 1500. The van der Waals surface area contributed by atoms with Crippen LogP contribution >= 0.6 is 27.3 Å². The maximum absolute atomic E-state index is 10.4. The Balaban J connectivity index is 1.20. The highest BCUT2D eigenvalue weighted by molar-refractivity contribution is 9.10. The number of aromatic nitrogens is 3. The number of aromatic hydroxyl groups is 1. The van der Waals surface area contributed by atoms with Gasteiger partial charge in [-0.05, 0) is 75.8 Å². The van der Waals surface area contributed by atoms with E-state index in [1.807, 2.05) is 40.1 Å². The Morgan fingerprint density at radius 3 is 2.91 bits per heavy atom. The Kier molecular flexibility index (Phi) is 6.18. The highest BCUT2D eigenvalue weighted by Crippen LogP contribution is 2.32. The van der Waals surface area contributed by atoms with Crippen LogP contribution in [0, 0.1) is 5.92 Å². The van der Waals surface area contributed by atoms with E-state index >= 15 is 0 Å². The van der Waals surface area contributed by atoms with Crippen molar-refractivity contribution in [1.29, 1.82) is 0 Å². The third kappa shape index (κ3) is 4.53. The van der Waals surface area contributed by atoms with Crippen molar-refractivity contribution in [2.45, 2.75) is 19.4 Å². The first-order chi connectivity index (χ1) is 17.2. The topological polar surface area (TPSA) is 65.7 Å². The minimum atomic E-state index is 0.217. The number of likely N-dealkylation sites (tertiary alicyclic amines) is 1. The summed E-state index contributed by atoms with van der Waals surface area (Å²) < 4.78 is 4.01. The lowest BCUT2D eigenvalue weighted by Crippen LogP contribution is -2.37. The number of nitrogens with zero attached hydrogens (tertiary/aromatic N) is 4. The molecule has 178 valence electrons. The molecule has 0 bridgehead atoms. The molecule has 8 heteroatoms. The second-order valence-electron chi connectivity index (χ2n) is 9.15. The van der Waals surface area contributed by atoms with Crippen LogP contribution in [0.25, 0.3) is 27.0 Å². The molecule has 1 aliphatic heterocycles. The lowest BCUT2D eigenvalue weighted by atomic mass is 9.97. The van der Waals surface area contributed by atoms with E-state index in [0.29, 0.717) is 17.2 Å². The smallest absolute Gasteiger partial charge is 0.172 e. The Labute approximate surface area is 216 Å². The maximum Gasteiger partial charge on any atom is 0.172 e. The van der Waals surface area contributed by atoms with Gasteiger partial charge in [-0.2, -0.15) is 9.61 Å². The number of rotatable bonds is 6. The molecule has 1 saturated heterocycles. The van der Waals surface area contributed by atoms with Crippen molar-refractivity contribution in [1.82, 2.24) is 19.5 Å². The molecule has 3 aromatic heterocycles. The Morgan fingerprint density at radius 2 is 2.00 bits per heavy atom. The quantitative estimate of drug-likeness (QED) is 0.257. The third-order valence-corrected chi connectivity index (χ3v) is 8.31. The van der Waals surface area contributed by atoms with E-state index in [1.54, 1.807) is 12.3 Å². The lowest BCUT2D eigenvalue weighted by Gasteiger charge is -2.33. The molecule has 6 rings (SSSR count). The van der Waals surface area contributed by atoms with E-state index in [4.69, 9.17) is 4.98 Å². The molecule has 2 N–H and O–H groups in total. The summed E-state index contributed by atoms with van der Waals surface area (Å²) in [5, 5.41) is 22.2. The van der Waals surface area contributed by atoms with Crippen LogP contribution in [0.1, 0.15) is 18.4 Å². The zero-order valence-electron chi connectivity index (χ0n) is 19.2. The molecule has 4 heterocycles. The predicted octanol–water partition coefficient (Wildman–Crippen LogP) is 6.40. The van der Waals surface area contributed by atoms with Crippen molar-refractivity contribution in [3.05, 3.63) is 76.2 Å². The van der Waals surface area contributed by atoms with Gasteiger partial charge in [-0.25, -0.2) is 4.98 Å². The Hall–Kier alpha value is -2.94. The van der Waals surface area contributed by atoms with Crippen LogP contribution in [-0.4, -0.2) is 44.2 Å². The van der Waals surface area contributed by atoms with Gasteiger partial charge in [0.25, 0.3) is 0 Å². The number of benzene rings is 2. The minimum Gasteiger partial charge on any atom is -0.507 e. The van der Waals surface area contributed by atoms with Gasteiger partial charge in [0.05, 0.1) is 16.4 Å². The van der Waals surface area contributed by atoms with Gasteiger partial charge in [0.15, 0.2) is 5.65 Å². The normalized spacial score (nSPS) is 16.8. The summed E-state index contributed by atoms with van der Waals surface area (Å²) in [5.74, 6) is 1.64. The van der Waals surface area contributed by atoms with Crippen LogP contribution in [0.5, 0.6) is 5.75 Å². The molecule has 1 aliphatic rings. The summed E-state index contributed by atoms with van der Waals surface area (Å²) in [7, 11) is 0. The summed E-state index contributed by atoms with van der Waals surface area (Å²) in [6.07, 6.45) is 4.17. The molecule has 1 unspecified atom stereocenters. The number of piperidine rings is 1. The van der Waals surface area contributed by atoms with Crippen molar-refractivity contribution in [2.24, 2.45) is 5.92 Å². The van der Waals surface area contributed by atoms with E-state index < -0.39 is 0 Å². The molecule has 0 radical (unpaired) electrons. The standard InChI is InChI=1S/C27H26BrN5OS/c28-22-14-30-33-26(12-23(31-27(22)33)21-8-1-3-9-24(21)34)29-13-18-6-5-11-32(15-18)16-19-17-35-25-10-4-2-7-20(19)25/h1-4,7-10,12,14,17-18,29,34H,5-6,11,13,15-16H2. The molecule has 35 heavy (non-hydrogen) atoms. The summed E-state index contributed by atoms with van der Waals surface area (Å²) in [6, 6.07) is 18.0. The average Bonchev–Trinajstić information content (AvgIpc) is 3.47.